The standard InChI is InChI=1S/C27H25FN2O7/c1-35-21-14-18(15-22(36-2)24(21)37-3)25(31)29-20(13-16-9-11-19(28)12-10-16)26(32)30-23(27(33)34)17-7-5-4-6-8-17/h4-15,23H,1-3H3,(H,29,31)(H,30,32)(H,33,34)/p-1/b20-13+/t23-/m0/s1. The molecule has 0 saturated carbocycles. The maximum Gasteiger partial charge on any atom is 0.268 e. The van der Waals surface area contributed by atoms with E-state index in [1.807, 2.05) is 0 Å². The fourth-order valence-electron chi connectivity index (χ4n) is 3.42. The number of ether oxygens (including phenoxy) is 3. The van der Waals surface area contributed by atoms with Crippen molar-refractivity contribution < 1.29 is 38.1 Å². The van der Waals surface area contributed by atoms with Gasteiger partial charge < -0.3 is 34.7 Å². The van der Waals surface area contributed by atoms with Crippen LogP contribution in [0.1, 0.15) is 27.5 Å². The number of aliphatic carboxylic acids is 1. The zero-order valence-corrected chi connectivity index (χ0v) is 20.2. The smallest absolute Gasteiger partial charge is 0.268 e. The van der Waals surface area contributed by atoms with Gasteiger partial charge in [0.1, 0.15) is 11.5 Å². The number of carboxylic acids is 1. The van der Waals surface area contributed by atoms with Crippen molar-refractivity contribution >= 4 is 23.9 Å². The summed E-state index contributed by atoms with van der Waals surface area (Å²) in [5.74, 6) is -3.00. The minimum atomic E-state index is -1.54. The molecule has 3 rings (SSSR count). The highest BCUT2D eigenvalue weighted by molar-refractivity contribution is 6.06. The van der Waals surface area contributed by atoms with Crippen molar-refractivity contribution in [1.29, 1.82) is 0 Å². The molecule has 9 nitrogen and oxygen atoms in total. The van der Waals surface area contributed by atoms with Crippen molar-refractivity contribution in [3.8, 4) is 17.2 Å². The molecule has 0 spiro atoms. The van der Waals surface area contributed by atoms with Crippen LogP contribution in [0.2, 0.25) is 0 Å². The Kier molecular flexibility index (Phi) is 8.82. The number of carbonyl (C=O) groups is 3. The minimum absolute atomic E-state index is 0.0619. The van der Waals surface area contributed by atoms with Gasteiger partial charge in [-0.2, -0.15) is 0 Å². The fraction of sp³-hybridized carbons (Fsp3) is 0.148. The summed E-state index contributed by atoms with van der Waals surface area (Å²) in [4.78, 5) is 38.1. The third-order valence-electron chi connectivity index (χ3n) is 5.24. The van der Waals surface area contributed by atoms with E-state index in [2.05, 4.69) is 10.6 Å². The lowest BCUT2D eigenvalue weighted by Gasteiger charge is -2.21. The van der Waals surface area contributed by atoms with Crippen LogP contribution in [-0.2, 0) is 9.59 Å². The number of amides is 2. The van der Waals surface area contributed by atoms with Gasteiger partial charge in [-0.05, 0) is 41.5 Å². The Morgan fingerprint density at radius 3 is 2.00 bits per heavy atom. The quantitative estimate of drug-likeness (QED) is 0.403. The normalized spacial score (nSPS) is 11.7. The van der Waals surface area contributed by atoms with E-state index >= 15 is 0 Å². The maximum absolute atomic E-state index is 13.4. The van der Waals surface area contributed by atoms with E-state index in [9.17, 15) is 23.9 Å². The number of hydrogen-bond acceptors (Lipinski definition) is 7. The zero-order valence-electron chi connectivity index (χ0n) is 20.2. The molecule has 10 heteroatoms. The van der Waals surface area contributed by atoms with Crippen LogP contribution in [0.3, 0.4) is 0 Å². The summed E-state index contributed by atoms with van der Waals surface area (Å²) < 4.78 is 29.2. The van der Waals surface area contributed by atoms with Gasteiger partial charge in [-0.15, -0.1) is 0 Å². The van der Waals surface area contributed by atoms with Gasteiger partial charge in [0.25, 0.3) is 11.8 Å². The highest BCUT2D eigenvalue weighted by atomic mass is 19.1. The van der Waals surface area contributed by atoms with E-state index < -0.39 is 29.6 Å². The molecule has 1 atom stereocenters. The molecule has 0 aromatic heterocycles. The molecule has 0 heterocycles. The van der Waals surface area contributed by atoms with Crippen molar-refractivity contribution in [2.24, 2.45) is 0 Å². The first kappa shape index (κ1) is 26.7. The molecular formula is C27H24FN2O7-. The number of carboxylic acid groups (broad SMARTS) is 1. The second kappa shape index (κ2) is 12.2. The minimum Gasteiger partial charge on any atom is -0.548 e. The van der Waals surface area contributed by atoms with Gasteiger partial charge in [-0.1, -0.05) is 42.5 Å². The lowest BCUT2D eigenvalue weighted by Crippen LogP contribution is -2.44. The Bertz CT molecular complexity index is 1280. The van der Waals surface area contributed by atoms with Gasteiger partial charge in [0, 0.05) is 5.56 Å². The number of methoxy groups -OCH3 is 3. The average molecular weight is 507 g/mol. The molecule has 3 aromatic carbocycles. The molecule has 0 fully saturated rings. The van der Waals surface area contributed by atoms with Crippen LogP contribution in [0.25, 0.3) is 6.08 Å². The molecular weight excluding hydrogens is 483 g/mol. The molecule has 0 aliphatic rings. The molecule has 0 unspecified atom stereocenters. The number of nitrogens with one attached hydrogen (secondary N) is 2. The van der Waals surface area contributed by atoms with E-state index in [0.29, 0.717) is 5.56 Å². The molecule has 37 heavy (non-hydrogen) atoms. The summed E-state index contributed by atoms with van der Waals surface area (Å²) >= 11 is 0. The van der Waals surface area contributed by atoms with E-state index in [0.717, 1.165) is 0 Å². The molecule has 0 aliphatic heterocycles. The fourth-order valence-corrected chi connectivity index (χ4v) is 3.42. The third-order valence-corrected chi connectivity index (χ3v) is 5.24. The third kappa shape index (κ3) is 6.63. The largest absolute Gasteiger partial charge is 0.548 e. The summed E-state index contributed by atoms with van der Waals surface area (Å²) in [6.07, 6.45) is 1.28. The van der Waals surface area contributed by atoms with Gasteiger partial charge in [0.2, 0.25) is 5.75 Å². The van der Waals surface area contributed by atoms with E-state index in [-0.39, 0.29) is 34.1 Å². The van der Waals surface area contributed by atoms with E-state index in [1.165, 1.54) is 75.9 Å². The van der Waals surface area contributed by atoms with Crippen LogP contribution in [0.5, 0.6) is 17.2 Å². The number of carbonyl (C=O) groups excluding carboxylic acids is 3. The molecule has 0 bridgehead atoms. The Labute approximate surface area is 212 Å². The Morgan fingerprint density at radius 2 is 1.49 bits per heavy atom. The van der Waals surface area contributed by atoms with Crippen LogP contribution in [-0.4, -0.2) is 39.1 Å². The molecule has 192 valence electrons. The summed E-state index contributed by atoms with van der Waals surface area (Å²) in [6, 6.07) is 14.3. The van der Waals surface area contributed by atoms with Gasteiger partial charge in [-0.25, -0.2) is 4.39 Å². The van der Waals surface area contributed by atoms with Crippen LogP contribution in [0.4, 0.5) is 4.39 Å². The van der Waals surface area contributed by atoms with Crippen molar-refractivity contribution in [2.45, 2.75) is 6.04 Å². The first-order chi connectivity index (χ1) is 17.8. The SMILES string of the molecule is COc1cc(C(=O)N/C(=C/c2ccc(F)cc2)C(=O)N[C@H](C(=O)[O-])c2ccccc2)cc(OC)c1OC. The summed E-state index contributed by atoms with van der Waals surface area (Å²) in [5.41, 5.74) is 0.411. The van der Waals surface area contributed by atoms with Crippen LogP contribution < -0.4 is 30.0 Å². The first-order valence-electron chi connectivity index (χ1n) is 10.9. The Morgan fingerprint density at radius 1 is 0.892 bits per heavy atom. The molecule has 3 aromatic rings. The van der Waals surface area contributed by atoms with Crippen LogP contribution >= 0.6 is 0 Å². The lowest BCUT2D eigenvalue weighted by molar-refractivity contribution is -0.308. The lowest BCUT2D eigenvalue weighted by atomic mass is 10.1. The maximum atomic E-state index is 13.4. The molecule has 0 aliphatic carbocycles. The molecule has 0 saturated heterocycles. The van der Waals surface area contributed by atoms with Crippen molar-refractivity contribution in [3.05, 3.63) is 94.9 Å². The number of benzene rings is 3. The van der Waals surface area contributed by atoms with E-state index in [1.54, 1.807) is 18.2 Å². The topological polar surface area (TPSA) is 126 Å². The molecule has 0 radical (unpaired) electrons. The summed E-state index contributed by atoms with van der Waals surface area (Å²) in [7, 11) is 4.18. The molecule has 2 amide bonds. The highest BCUT2D eigenvalue weighted by Crippen LogP contribution is 2.38. The van der Waals surface area contributed by atoms with Gasteiger partial charge in [0.05, 0.1) is 33.3 Å². The Hall–Kier alpha value is -4.86. The molecule has 2 N–H and O–H groups in total. The van der Waals surface area contributed by atoms with Gasteiger partial charge in [-0.3, -0.25) is 9.59 Å². The van der Waals surface area contributed by atoms with Crippen molar-refractivity contribution in [2.75, 3.05) is 21.3 Å². The summed E-state index contributed by atoms with van der Waals surface area (Å²) in [5, 5.41) is 16.6. The monoisotopic (exact) mass is 507 g/mol. The second-order valence-corrected chi connectivity index (χ2v) is 7.61. The van der Waals surface area contributed by atoms with Gasteiger partial charge >= 0.3 is 0 Å². The van der Waals surface area contributed by atoms with Gasteiger partial charge in [0.15, 0.2) is 11.5 Å². The number of halogens is 1. The summed E-state index contributed by atoms with van der Waals surface area (Å²) in [6.45, 7) is 0. The van der Waals surface area contributed by atoms with E-state index in [4.69, 9.17) is 14.2 Å². The predicted octanol–water partition coefficient (Wildman–Crippen LogP) is 2.23. The zero-order chi connectivity index (χ0) is 26.9. The Balaban J connectivity index is 1.98. The second-order valence-electron chi connectivity index (χ2n) is 7.61. The number of rotatable bonds is 10. The van der Waals surface area contributed by atoms with Crippen molar-refractivity contribution in [1.82, 2.24) is 10.6 Å². The first-order valence-corrected chi connectivity index (χ1v) is 10.9. The van der Waals surface area contributed by atoms with Crippen LogP contribution in [0.15, 0.2) is 72.4 Å². The van der Waals surface area contributed by atoms with Crippen molar-refractivity contribution in [3.63, 3.8) is 0 Å². The van der Waals surface area contributed by atoms with Crippen LogP contribution in [0, 0.1) is 5.82 Å². The highest BCUT2D eigenvalue weighted by Gasteiger charge is 2.22. The number of hydrogen-bond donors (Lipinski definition) is 2. The predicted molar refractivity (Wildman–Crippen MR) is 130 cm³/mol. The average Bonchev–Trinajstić information content (AvgIpc) is 2.91.